The van der Waals surface area contributed by atoms with E-state index in [1.165, 1.54) is 23.5 Å². The van der Waals surface area contributed by atoms with Crippen LogP contribution in [0.2, 0.25) is 0 Å². The van der Waals surface area contributed by atoms with Crippen molar-refractivity contribution >= 4 is 21.6 Å². The van der Waals surface area contributed by atoms with Crippen molar-refractivity contribution in [3.8, 4) is 11.1 Å². The van der Waals surface area contributed by atoms with Crippen molar-refractivity contribution in [3.05, 3.63) is 75.3 Å². The second-order valence-corrected chi connectivity index (χ2v) is 7.39. The van der Waals surface area contributed by atoms with Crippen molar-refractivity contribution in [2.45, 2.75) is 20.0 Å². The molecule has 0 unspecified atom stereocenters. The summed E-state index contributed by atoms with van der Waals surface area (Å²) in [6.45, 7) is 3.03. The zero-order valence-corrected chi connectivity index (χ0v) is 15.8. The molecule has 0 aliphatic rings. The van der Waals surface area contributed by atoms with Crippen LogP contribution in [0.3, 0.4) is 0 Å². The van der Waals surface area contributed by atoms with Crippen LogP contribution in [0.25, 0.3) is 21.3 Å². The van der Waals surface area contributed by atoms with Crippen LogP contribution >= 0.6 is 11.3 Å². The van der Waals surface area contributed by atoms with E-state index in [4.69, 9.17) is 4.42 Å². The summed E-state index contributed by atoms with van der Waals surface area (Å²) in [6.07, 6.45) is 0. The number of nitrogens with one attached hydrogen (secondary N) is 1. The minimum Gasteiger partial charge on any atom is -0.465 e. The van der Waals surface area contributed by atoms with Crippen LogP contribution < -0.4 is 5.56 Å². The number of halogens is 1. The molecule has 3 aromatic heterocycles. The van der Waals surface area contributed by atoms with Gasteiger partial charge >= 0.3 is 0 Å². The Morgan fingerprint density at radius 2 is 1.96 bits per heavy atom. The second-order valence-electron chi connectivity index (χ2n) is 6.53. The quantitative estimate of drug-likeness (QED) is 0.557. The smallest absolute Gasteiger partial charge is 0.260 e. The maximum atomic E-state index is 13.2. The third-order valence-corrected chi connectivity index (χ3v) is 5.16. The van der Waals surface area contributed by atoms with E-state index in [1.807, 2.05) is 36.4 Å². The van der Waals surface area contributed by atoms with Crippen molar-refractivity contribution in [2.75, 3.05) is 7.05 Å². The molecule has 0 fully saturated rings. The molecule has 7 heteroatoms. The zero-order chi connectivity index (χ0) is 19.0. The molecule has 3 heterocycles. The molecule has 0 spiro atoms. The Hall–Kier alpha value is -2.77. The summed E-state index contributed by atoms with van der Waals surface area (Å²) in [5.41, 5.74) is 1.39. The topological polar surface area (TPSA) is 62.1 Å². The molecule has 138 valence electrons. The van der Waals surface area contributed by atoms with Gasteiger partial charge in [-0.15, -0.1) is 11.3 Å². The summed E-state index contributed by atoms with van der Waals surface area (Å²) in [5, 5.41) is 2.43. The number of hydrogen-bond acceptors (Lipinski definition) is 5. The van der Waals surface area contributed by atoms with Gasteiger partial charge in [-0.25, -0.2) is 9.37 Å². The summed E-state index contributed by atoms with van der Waals surface area (Å²) < 4.78 is 18.8. The number of nitrogens with zero attached hydrogens (tertiary/aromatic N) is 2. The number of aromatic nitrogens is 2. The van der Waals surface area contributed by atoms with Crippen LogP contribution in [0.4, 0.5) is 4.39 Å². The number of fused-ring (bicyclic) bond motifs is 1. The number of furan rings is 1. The molecule has 0 atom stereocenters. The molecule has 0 amide bonds. The number of benzene rings is 1. The SMILES string of the molecule is Cc1ccc(CN(C)Cc2nc3scc(-c4ccc(F)cc4)c3c(=O)[nH]2)o1. The molecule has 0 saturated carbocycles. The van der Waals surface area contributed by atoms with Gasteiger partial charge in [0.1, 0.15) is 28.0 Å². The summed E-state index contributed by atoms with van der Waals surface area (Å²) in [6, 6.07) is 9.99. The molecule has 0 aliphatic carbocycles. The third kappa shape index (κ3) is 3.70. The minimum atomic E-state index is -0.303. The monoisotopic (exact) mass is 383 g/mol. The van der Waals surface area contributed by atoms with Gasteiger partial charge in [0.15, 0.2) is 0 Å². The zero-order valence-electron chi connectivity index (χ0n) is 15.0. The lowest BCUT2D eigenvalue weighted by Crippen LogP contribution is -2.21. The first kappa shape index (κ1) is 17.6. The molecule has 0 aliphatic heterocycles. The second kappa shape index (κ2) is 7.09. The highest BCUT2D eigenvalue weighted by Gasteiger charge is 2.14. The summed E-state index contributed by atoms with van der Waals surface area (Å²) >= 11 is 1.41. The van der Waals surface area contributed by atoms with E-state index in [9.17, 15) is 9.18 Å². The van der Waals surface area contributed by atoms with E-state index in [0.717, 1.165) is 22.6 Å². The highest BCUT2D eigenvalue weighted by atomic mass is 32.1. The molecule has 0 bridgehead atoms. The van der Waals surface area contributed by atoms with Gasteiger partial charge in [-0.05, 0) is 43.8 Å². The van der Waals surface area contributed by atoms with Gasteiger partial charge < -0.3 is 9.40 Å². The van der Waals surface area contributed by atoms with Crippen LogP contribution in [-0.4, -0.2) is 21.9 Å². The minimum absolute atomic E-state index is 0.183. The van der Waals surface area contributed by atoms with Gasteiger partial charge in [-0.1, -0.05) is 12.1 Å². The lowest BCUT2D eigenvalue weighted by molar-refractivity contribution is 0.279. The van der Waals surface area contributed by atoms with E-state index in [1.54, 1.807) is 12.1 Å². The molecule has 1 N–H and O–H groups in total. The molecule has 27 heavy (non-hydrogen) atoms. The van der Waals surface area contributed by atoms with E-state index in [0.29, 0.717) is 29.1 Å². The van der Waals surface area contributed by atoms with Crippen molar-refractivity contribution in [1.29, 1.82) is 0 Å². The Kier molecular flexibility index (Phi) is 4.63. The Balaban J connectivity index is 1.61. The summed E-state index contributed by atoms with van der Waals surface area (Å²) in [5.74, 6) is 2.04. The predicted octanol–water partition coefficient (Wildman–Crippen LogP) is 4.32. The standard InChI is InChI=1S/C20H18FN3O2S/c1-12-3-8-15(26-12)9-24(2)10-17-22-19(25)18-16(11-27-20(18)23-17)13-4-6-14(21)7-5-13/h3-8,11H,9-10H2,1-2H3,(H,22,23,25). The molecule has 5 nitrogen and oxygen atoms in total. The van der Waals surface area contributed by atoms with E-state index >= 15 is 0 Å². The van der Waals surface area contributed by atoms with Gasteiger partial charge in [0, 0.05) is 10.9 Å². The van der Waals surface area contributed by atoms with E-state index < -0.39 is 0 Å². The van der Waals surface area contributed by atoms with Gasteiger partial charge in [-0.2, -0.15) is 0 Å². The number of H-pyrrole nitrogens is 1. The van der Waals surface area contributed by atoms with E-state index in [2.05, 4.69) is 9.97 Å². The fourth-order valence-electron chi connectivity index (χ4n) is 3.06. The Morgan fingerprint density at radius 1 is 1.19 bits per heavy atom. The molecule has 1 aromatic carbocycles. The molecule has 0 saturated heterocycles. The Labute approximate surface area is 159 Å². The fourth-order valence-corrected chi connectivity index (χ4v) is 4.02. The number of rotatable bonds is 5. The van der Waals surface area contributed by atoms with Crippen molar-refractivity contribution in [1.82, 2.24) is 14.9 Å². The lowest BCUT2D eigenvalue weighted by atomic mass is 10.1. The maximum absolute atomic E-state index is 13.2. The lowest BCUT2D eigenvalue weighted by Gasteiger charge is -2.14. The largest absolute Gasteiger partial charge is 0.465 e. The predicted molar refractivity (Wildman–Crippen MR) is 104 cm³/mol. The molecule has 4 aromatic rings. The first-order valence-electron chi connectivity index (χ1n) is 8.50. The average Bonchev–Trinajstić information content (AvgIpc) is 3.22. The highest BCUT2D eigenvalue weighted by molar-refractivity contribution is 7.17. The number of aromatic amines is 1. The molecule has 0 radical (unpaired) electrons. The number of hydrogen-bond donors (Lipinski definition) is 1. The average molecular weight is 383 g/mol. The Bertz CT molecular complexity index is 1140. The van der Waals surface area contributed by atoms with Gasteiger partial charge in [0.2, 0.25) is 0 Å². The van der Waals surface area contributed by atoms with Crippen molar-refractivity contribution in [3.63, 3.8) is 0 Å². The normalized spacial score (nSPS) is 11.6. The van der Waals surface area contributed by atoms with Crippen LogP contribution in [0.15, 0.2) is 51.0 Å². The molecule has 4 rings (SSSR count). The van der Waals surface area contributed by atoms with Crippen molar-refractivity contribution < 1.29 is 8.81 Å². The van der Waals surface area contributed by atoms with Crippen LogP contribution in [0, 0.1) is 12.7 Å². The Morgan fingerprint density at radius 3 is 2.67 bits per heavy atom. The van der Waals surface area contributed by atoms with Crippen LogP contribution in [-0.2, 0) is 13.1 Å². The fraction of sp³-hybridized carbons (Fsp3) is 0.200. The van der Waals surface area contributed by atoms with Gasteiger partial charge in [0.05, 0.1) is 18.5 Å². The van der Waals surface area contributed by atoms with E-state index in [-0.39, 0.29) is 11.4 Å². The number of thiophene rings is 1. The van der Waals surface area contributed by atoms with Crippen molar-refractivity contribution in [2.24, 2.45) is 0 Å². The van der Waals surface area contributed by atoms with Gasteiger partial charge in [0.25, 0.3) is 5.56 Å². The van der Waals surface area contributed by atoms with Crippen LogP contribution in [0.5, 0.6) is 0 Å². The molecular weight excluding hydrogens is 365 g/mol. The first-order chi connectivity index (χ1) is 13.0. The van der Waals surface area contributed by atoms with Crippen LogP contribution in [0.1, 0.15) is 17.3 Å². The molecular formula is C20H18FN3O2S. The number of aryl methyl sites for hydroxylation is 1. The van der Waals surface area contributed by atoms with Gasteiger partial charge in [-0.3, -0.25) is 9.69 Å². The maximum Gasteiger partial charge on any atom is 0.260 e. The first-order valence-corrected chi connectivity index (χ1v) is 9.38. The highest BCUT2D eigenvalue weighted by Crippen LogP contribution is 2.30. The summed E-state index contributed by atoms with van der Waals surface area (Å²) in [4.78, 5) is 22.8. The summed E-state index contributed by atoms with van der Waals surface area (Å²) in [7, 11) is 1.94. The third-order valence-electron chi connectivity index (χ3n) is 4.29.